The Morgan fingerprint density at radius 2 is 2.60 bits per heavy atom. The lowest BCUT2D eigenvalue weighted by atomic mass is 10.2. The van der Waals surface area contributed by atoms with E-state index in [1.807, 2.05) is 6.92 Å². The van der Waals surface area contributed by atoms with E-state index in [2.05, 4.69) is 9.89 Å². The fraction of sp³-hybridized carbons (Fsp3) is 0.667. The summed E-state index contributed by atoms with van der Waals surface area (Å²) in [5.41, 5.74) is 0.829. The van der Waals surface area contributed by atoms with E-state index in [4.69, 9.17) is 4.84 Å². The molecule has 1 atom stereocenters. The maximum absolute atomic E-state index is 10.7. The Bertz CT molecular complexity index is 176. The molecule has 0 aromatic carbocycles. The second-order valence-corrected chi connectivity index (χ2v) is 2.15. The van der Waals surface area contributed by atoms with Gasteiger partial charge in [0, 0.05) is 6.42 Å². The summed E-state index contributed by atoms with van der Waals surface area (Å²) in [4.78, 5) is 15.5. The number of hydrogen-bond donors (Lipinski definition) is 0. The second-order valence-electron chi connectivity index (χ2n) is 2.15. The Labute approximate surface area is 58.8 Å². The number of nitrogens with zero attached hydrogens (tertiary/aromatic N) is 1. The van der Waals surface area contributed by atoms with E-state index in [1.165, 1.54) is 7.11 Å². The first-order chi connectivity index (χ1) is 4.74. The van der Waals surface area contributed by atoms with Gasteiger partial charge in [0.25, 0.3) is 0 Å². The van der Waals surface area contributed by atoms with Crippen LogP contribution in [-0.4, -0.2) is 24.9 Å². The summed E-state index contributed by atoms with van der Waals surface area (Å²) in [5, 5.41) is 3.60. The average Bonchev–Trinajstić information content (AvgIpc) is 2.34. The molecule has 0 saturated carbocycles. The third-order valence-corrected chi connectivity index (χ3v) is 1.28. The van der Waals surface area contributed by atoms with E-state index in [9.17, 15) is 4.79 Å². The lowest BCUT2D eigenvalue weighted by molar-refractivity contribution is -0.152. The second kappa shape index (κ2) is 2.68. The molecule has 0 saturated heterocycles. The number of oxime groups is 1. The summed E-state index contributed by atoms with van der Waals surface area (Å²) < 4.78 is 4.45. The molecule has 0 spiro atoms. The molecule has 4 heteroatoms. The average molecular weight is 143 g/mol. The van der Waals surface area contributed by atoms with Crippen molar-refractivity contribution in [2.24, 2.45) is 5.16 Å². The molecule has 0 aromatic rings. The highest BCUT2D eigenvalue weighted by Gasteiger charge is 2.26. The summed E-state index contributed by atoms with van der Waals surface area (Å²) >= 11 is 0. The van der Waals surface area contributed by atoms with Crippen molar-refractivity contribution in [3.63, 3.8) is 0 Å². The molecule has 10 heavy (non-hydrogen) atoms. The van der Waals surface area contributed by atoms with Crippen molar-refractivity contribution in [1.29, 1.82) is 0 Å². The van der Waals surface area contributed by atoms with Crippen LogP contribution in [0, 0.1) is 0 Å². The standard InChI is InChI=1S/C6H9NO3/c1-4-3-5(10-7-4)6(8)9-2/h5H,3H2,1-2H3/t5-/m1/s1. The van der Waals surface area contributed by atoms with Crippen molar-refractivity contribution in [2.75, 3.05) is 7.11 Å². The van der Waals surface area contributed by atoms with Crippen molar-refractivity contribution in [1.82, 2.24) is 0 Å². The highest BCUT2D eigenvalue weighted by molar-refractivity contribution is 5.89. The largest absolute Gasteiger partial charge is 0.466 e. The Hall–Kier alpha value is -1.06. The number of carbonyl (C=O) groups is 1. The van der Waals surface area contributed by atoms with Crippen LogP contribution in [0.3, 0.4) is 0 Å². The maximum Gasteiger partial charge on any atom is 0.350 e. The predicted molar refractivity (Wildman–Crippen MR) is 34.6 cm³/mol. The van der Waals surface area contributed by atoms with Crippen LogP contribution in [0.5, 0.6) is 0 Å². The highest BCUT2D eigenvalue weighted by atomic mass is 16.7. The van der Waals surface area contributed by atoms with Gasteiger partial charge in [-0.1, -0.05) is 5.16 Å². The minimum atomic E-state index is -0.509. The van der Waals surface area contributed by atoms with Crippen molar-refractivity contribution < 1.29 is 14.4 Å². The zero-order chi connectivity index (χ0) is 7.56. The summed E-state index contributed by atoms with van der Waals surface area (Å²) in [6.07, 6.45) is 0.0390. The Balaban J connectivity index is 2.42. The van der Waals surface area contributed by atoms with Gasteiger partial charge in [-0.15, -0.1) is 0 Å². The van der Waals surface area contributed by atoms with Crippen LogP contribution in [-0.2, 0) is 14.4 Å². The van der Waals surface area contributed by atoms with Crippen molar-refractivity contribution in [2.45, 2.75) is 19.4 Å². The molecule has 0 radical (unpaired) electrons. The molecular weight excluding hydrogens is 134 g/mol. The molecule has 0 fully saturated rings. The van der Waals surface area contributed by atoms with Crippen LogP contribution in [0.1, 0.15) is 13.3 Å². The number of carbonyl (C=O) groups excluding carboxylic acids is 1. The van der Waals surface area contributed by atoms with E-state index in [1.54, 1.807) is 0 Å². The van der Waals surface area contributed by atoms with E-state index in [0.29, 0.717) is 6.42 Å². The van der Waals surface area contributed by atoms with Crippen LogP contribution in [0.4, 0.5) is 0 Å². The first-order valence-electron chi connectivity index (χ1n) is 3.01. The molecule has 0 N–H and O–H groups in total. The van der Waals surface area contributed by atoms with Crippen LogP contribution >= 0.6 is 0 Å². The molecule has 1 aliphatic rings. The maximum atomic E-state index is 10.7. The Morgan fingerprint density at radius 1 is 1.90 bits per heavy atom. The summed E-state index contributed by atoms with van der Waals surface area (Å²) in [7, 11) is 1.33. The van der Waals surface area contributed by atoms with Gasteiger partial charge >= 0.3 is 5.97 Å². The normalized spacial score (nSPS) is 23.4. The summed E-state index contributed by atoms with van der Waals surface area (Å²) in [5.74, 6) is -0.361. The van der Waals surface area contributed by atoms with Crippen LogP contribution in [0.2, 0.25) is 0 Å². The van der Waals surface area contributed by atoms with E-state index in [0.717, 1.165) is 5.71 Å². The topological polar surface area (TPSA) is 47.9 Å². The molecule has 0 aliphatic carbocycles. The zero-order valence-corrected chi connectivity index (χ0v) is 5.96. The molecule has 0 aromatic heterocycles. The van der Waals surface area contributed by atoms with Crippen molar-refractivity contribution in [3.05, 3.63) is 0 Å². The number of ether oxygens (including phenoxy) is 1. The molecule has 1 rings (SSSR count). The van der Waals surface area contributed by atoms with E-state index in [-0.39, 0.29) is 5.97 Å². The van der Waals surface area contributed by atoms with Gasteiger partial charge in [0.2, 0.25) is 6.10 Å². The van der Waals surface area contributed by atoms with Gasteiger partial charge in [-0.3, -0.25) is 0 Å². The molecule has 1 aliphatic heterocycles. The first kappa shape index (κ1) is 7.05. The Kier molecular flexibility index (Phi) is 1.89. The molecule has 56 valence electrons. The third-order valence-electron chi connectivity index (χ3n) is 1.28. The van der Waals surface area contributed by atoms with Gasteiger partial charge in [0.05, 0.1) is 12.8 Å². The van der Waals surface area contributed by atoms with Gasteiger partial charge in [-0.05, 0) is 6.92 Å². The third kappa shape index (κ3) is 1.26. The number of esters is 1. The fourth-order valence-electron chi connectivity index (χ4n) is 0.754. The zero-order valence-electron chi connectivity index (χ0n) is 5.96. The lowest BCUT2D eigenvalue weighted by Gasteiger charge is -2.03. The predicted octanol–water partition coefficient (Wildman–Crippen LogP) is 0.324. The van der Waals surface area contributed by atoms with Crippen molar-refractivity contribution in [3.8, 4) is 0 Å². The fourth-order valence-corrected chi connectivity index (χ4v) is 0.754. The SMILES string of the molecule is COC(=O)[C@H]1CC(C)=NO1. The lowest BCUT2D eigenvalue weighted by Crippen LogP contribution is -2.21. The first-order valence-corrected chi connectivity index (χ1v) is 3.01. The monoisotopic (exact) mass is 143 g/mol. The number of hydrogen-bond acceptors (Lipinski definition) is 4. The van der Waals surface area contributed by atoms with Crippen LogP contribution in [0.15, 0.2) is 5.16 Å². The van der Waals surface area contributed by atoms with Crippen molar-refractivity contribution >= 4 is 11.7 Å². The molecule has 1 heterocycles. The van der Waals surface area contributed by atoms with Gasteiger partial charge < -0.3 is 9.57 Å². The van der Waals surface area contributed by atoms with Crippen LogP contribution < -0.4 is 0 Å². The van der Waals surface area contributed by atoms with E-state index < -0.39 is 6.10 Å². The minimum absolute atomic E-state index is 0.361. The smallest absolute Gasteiger partial charge is 0.350 e. The van der Waals surface area contributed by atoms with Gasteiger partial charge in [0.15, 0.2) is 0 Å². The molecule has 4 nitrogen and oxygen atoms in total. The highest BCUT2D eigenvalue weighted by Crippen LogP contribution is 2.10. The summed E-state index contributed by atoms with van der Waals surface area (Å²) in [6.45, 7) is 1.81. The molecule has 0 bridgehead atoms. The minimum Gasteiger partial charge on any atom is -0.466 e. The van der Waals surface area contributed by atoms with Gasteiger partial charge in [-0.25, -0.2) is 4.79 Å². The quantitative estimate of drug-likeness (QED) is 0.497. The molecule has 0 amide bonds. The molecular formula is C6H9NO3. The number of methoxy groups -OCH3 is 1. The van der Waals surface area contributed by atoms with Gasteiger partial charge in [0.1, 0.15) is 0 Å². The van der Waals surface area contributed by atoms with Gasteiger partial charge in [-0.2, -0.15) is 0 Å². The number of rotatable bonds is 1. The summed E-state index contributed by atoms with van der Waals surface area (Å²) in [6, 6.07) is 0. The Morgan fingerprint density at radius 3 is 3.00 bits per heavy atom. The molecule has 0 unspecified atom stereocenters. The van der Waals surface area contributed by atoms with Crippen LogP contribution in [0.25, 0.3) is 0 Å². The van der Waals surface area contributed by atoms with E-state index >= 15 is 0 Å².